The molecule has 0 saturated carbocycles. The molecule has 0 aromatic heterocycles. The van der Waals surface area contributed by atoms with Crippen molar-refractivity contribution >= 4 is 29.2 Å². The number of benzene rings is 2. The van der Waals surface area contributed by atoms with Crippen LogP contribution in [0.5, 0.6) is 11.5 Å². The van der Waals surface area contributed by atoms with Crippen LogP contribution in [0.25, 0.3) is 0 Å². The van der Waals surface area contributed by atoms with Crippen LogP contribution < -0.4 is 14.8 Å². The molecule has 9 nitrogen and oxygen atoms in total. The second kappa shape index (κ2) is 8.13. The van der Waals surface area contributed by atoms with Gasteiger partial charge in [-0.1, -0.05) is 17.7 Å². The highest BCUT2D eigenvalue weighted by Gasteiger charge is 2.22. The van der Waals surface area contributed by atoms with Crippen molar-refractivity contribution in [2.24, 2.45) is 0 Å². The predicted octanol–water partition coefficient (Wildman–Crippen LogP) is 2.84. The van der Waals surface area contributed by atoms with E-state index in [4.69, 9.17) is 25.8 Å². The molecule has 1 amide bonds. The van der Waals surface area contributed by atoms with Gasteiger partial charge >= 0.3 is 5.97 Å². The number of nitrogens with zero attached hydrogens (tertiary/aromatic N) is 1. The van der Waals surface area contributed by atoms with E-state index in [0.29, 0.717) is 11.5 Å². The Balaban J connectivity index is 1.57. The first-order valence-electron chi connectivity index (χ1n) is 8.16. The fourth-order valence-electron chi connectivity index (χ4n) is 2.45. The largest absolute Gasteiger partial charge is 0.454 e. The van der Waals surface area contributed by atoms with Crippen LogP contribution in [0.2, 0.25) is 5.02 Å². The Hall–Kier alpha value is -3.33. The summed E-state index contributed by atoms with van der Waals surface area (Å²) in [6.45, 7) is 1.75. The average molecular weight is 407 g/mol. The molecule has 1 heterocycles. The lowest BCUT2D eigenvalue weighted by Crippen LogP contribution is -2.35. The summed E-state index contributed by atoms with van der Waals surface area (Å²) < 4.78 is 15.6. The lowest BCUT2D eigenvalue weighted by molar-refractivity contribution is -0.384. The minimum Gasteiger partial charge on any atom is -0.454 e. The minimum atomic E-state index is -1.10. The molecular weight excluding hydrogens is 392 g/mol. The number of amides is 1. The quantitative estimate of drug-likeness (QED) is 0.445. The van der Waals surface area contributed by atoms with Gasteiger partial charge in [-0.05, 0) is 36.8 Å². The molecule has 0 aliphatic carbocycles. The molecule has 1 aliphatic rings. The van der Waals surface area contributed by atoms with Gasteiger partial charge in [0.15, 0.2) is 17.6 Å². The SMILES string of the molecule is C[C@H](OC(=O)c1ccc(Cl)c([N+](=O)[O-])c1)C(=O)NCc1ccc2c(c1)OCO2. The van der Waals surface area contributed by atoms with Crippen molar-refractivity contribution in [3.05, 3.63) is 62.7 Å². The molecule has 0 bridgehead atoms. The molecule has 3 rings (SSSR count). The number of fused-ring (bicyclic) bond motifs is 1. The highest BCUT2D eigenvalue weighted by molar-refractivity contribution is 6.32. The van der Waals surface area contributed by atoms with Crippen LogP contribution in [0, 0.1) is 10.1 Å². The van der Waals surface area contributed by atoms with Crippen molar-refractivity contribution in [3.8, 4) is 11.5 Å². The molecular formula is C18H15ClN2O7. The summed E-state index contributed by atoms with van der Waals surface area (Å²) in [6, 6.07) is 8.77. The van der Waals surface area contributed by atoms with E-state index in [2.05, 4.69) is 5.32 Å². The smallest absolute Gasteiger partial charge is 0.339 e. The van der Waals surface area contributed by atoms with E-state index < -0.39 is 28.6 Å². The van der Waals surface area contributed by atoms with Crippen LogP contribution in [-0.2, 0) is 16.1 Å². The number of rotatable bonds is 6. The lowest BCUT2D eigenvalue weighted by Gasteiger charge is -2.14. The first-order chi connectivity index (χ1) is 13.3. The molecule has 0 saturated heterocycles. The van der Waals surface area contributed by atoms with Crippen molar-refractivity contribution in [2.45, 2.75) is 19.6 Å². The van der Waals surface area contributed by atoms with Gasteiger partial charge in [0.25, 0.3) is 11.6 Å². The second-order valence-corrected chi connectivity index (χ2v) is 6.28. The molecule has 0 unspecified atom stereocenters. The van der Waals surface area contributed by atoms with Crippen LogP contribution in [0.4, 0.5) is 5.69 Å². The Morgan fingerprint density at radius 2 is 2.00 bits per heavy atom. The monoisotopic (exact) mass is 406 g/mol. The summed E-state index contributed by atoms with van der Waals surface area (Å²) in [5.74, 6) is -0.162. The number of carbonyl (C=O) groups excluding carboxylic acids is 2. The van der Waals surface area contributed by atoms with Gasteiger partial charge in [-0.2, -0.15) is 0 Å². The van der Waals surface area contributed by atoms with Gasteiger partial charge in [0, 0.05) is 12.6 Å². The first-order valence-corrected chi connectivity index (χ1v) is 8.54. The standard InChI is InChI=1S/C18H15ClN2O7/c1-10(28-18(23)12-3-4-13(19)14(7-12)21(24)25)17(22)20-8-11-2-5-15-16(6-11)27-9-26-15/h2-7,10H,8-9H2,1H3,(H,20,22)/t10-/m0/s1. The molecule has 0 spiro atoms. The fraction of sp³-hybridized carbons (Fsp3) is 0.222. The number of nitro benzene ring substituents is 1. The topological polar surface area (TPSA) is 117 Å². The summed E-state index contributed by atoms with van der Waals surface area (Å²) in [5.41, 5.74) is 0.284. The van der Waals surface area contributed by atoms with Gasteiger partial charge in [0.2, 0.25) is 6.79 Å². The van der Waals surface area contributed by atoms with E-state index in [1.165, 1.54) is 19.1 Å². The van der Waals surface area contributed by atoms with Crippen LogP contribution in [0.15, 0.2) is 36.4 Å². The van der Waals surface area contributed by atoms with E-state index in [0.717, 1.165) is 11.6 Å². The van der Waals surface area contributed by atoms with Crippen molar-refractivity contribution < 1.29 is 28.7 Å². The number of halogens is 1. The number of ether oxygens (including phenoxy) is 3. The summed E-state index contributed by atoms with van der Waals surface area (Å²) in [7, 11) is 0. The van der Waals surface area contributed by atoms with E-state index >= 15 is 0 Å². The number of nitrogens with one attached hydrogen (secondary N) is 1. The maximum absolute atomic E-state index is 12.2. The number of hydrogen-bond acceptors (Lipinski definition) is 7. The third-order valence-corrected chi connectivity index (χ3v) is 4.25. The fourth-order valence-corrected chi connectivity index (χ4v) is 2.63. The van der Waals surface area contributed by atoms with Crippen molar-refractivity contribution in [2.75, 3.05) is 6.79 Å². The van der Waals surface area contributed by atoms with E-state index in [1.807, 2.05) is 0 Å². The average Bonchev–Trinajstić information content (AvgIpc) is 3.13. The Bertz CT molecular complexity index is 948. The number of nitro groups is 1. The number of carbonyl (C=O) groups is 2. The lowest BCUT2D eigenvalue weighted by atomic mass is 10.2. The summed E-state index contributed by atoms with van der Waals surface area (Å²) >= 11 is 5.71. The third-order valence-electron chi connectivity index (χ3n) is 3.94. The van der Waals surface area contributed by atoms with Gasteiger partial charge < -0.3 is 19.5 Å². The molecule has 2 aromatic carbocycles. The van der Waals surface area contributed by atoms with Gasteiger partial charge in [-0.15, -0.1) is 0 Å². The highest BCUT2D eigenvalue weighted by atomic mass is 35.5. The van der Waals surface area contributed by atoms with Gasteiger partial charge in [0.05, 0.1) is 10.5 Å². The minimum absolute atomic E-state index is 0.0773. The van der Waals surface area contributed by atoms with Gasteiger partial charge in [-0.3, -0.25) is 14.9 Å². The molecule has 1 N–H and O–H groups in total. The second-order valence-electron chi connectivity index (χ2n) is 5.88. The van der Waals surface area contributed by atoms with E-state index in [1.54, 1.807) is 18.2 Å². The van der Waals surface area contributed by atoms with Crippen molar-refractivity contribution in [1.29, 1.82) is 0 Å². The normalized spacial score (nSPS) is 12.9. The maximum Gasteiger partial charge on any atom is 0.339 e. The number of hydrogen-bond donors (Lipinski definition) is 1. The zero-order valence-electron chi connectivity index (χ0n) is 14.6. The zero-order valence-corrected chi connectivity index (χ0v) is 15.4. The third kappa shape index (κ3) is 4.32. The molecule has 10 heteroatoms. The predicted molar refractivity (Wildman–Crippen MR) is 97.4 cm³/mol. The Labute approximate surface area is 164 Å². The highest BCUT2D eigenvalue weighted by Crippen LogP contribution is 2.32. The maximum atomic E-state index is 12.2. The van der Waals surface area contributed by atoms with Gasteiger partial charge in [-0.25, -0.2) is 4.79 Å². The van der Waals surface area contributed by atoms with Crippen LogP contribution >= 0.6 is 11.6 Å². The Morgan fingerprint density at radius 3 is 2.75 bits per heavy atom. The summed E-state index contributed by atoms with van der Waals surface area (Å²) in [4.78, 5) is 34.5. The first kappa shape index (κ1) is 19.4. The zero-order chi connectivity index (χ0) is 20.3. The van der Waals surface area contributed by atoms with Crippen LogP contribution in [-0.4, -0.2) is 29.7 Å². The van der Waals surface area contributed by atoms with Crippen molar-refractivity contribution in [3.63, 3.8) is 0 Å². The molecule has 1 aliphatic heterocycles. The van der Waals surface area contributed by atoms with Crippen LogP contribution in [0.3, 0.4) is 0 Å². The molecule has 0 radical (unpaired) electrons. The summed E-state index contributed by atoms with van der Waals surface area (Å²) in [6.07, 6.45) is -1.10. The molecule has 2 aromatic rings. The Kier molecular flexibility index (Phi) is 5.65. The summed E-state index contributed by atoms with van der Waals surface area (Å²) in [5, 5.41) is 13.4. The molecule has 28 heavy (non-hydrogen) atoms. The molecule has 1 atom stereocenters. The van der Waals surface area contributed by atoms with Gasteiger partial charge in [0.1, 0.15) is 5.02 Å². The van der Waals surface area contributed by atoms with E-state index in [9.17, 15) is 19.7 Å². The van der Waals surface area contributed by atoms with Crippen molar-refractivity contribution in [1.82, 2.24) is 5.32 Å². The molecule has 0 fully saturated rings. The number of esters is 1. The molecule has 146 valence electrons. The Morgan fingerprint density at radius 1 is 1.25 bits per heavy atom. The van der Waals surface area contributed by atoms with E-state index in [-0.39, 0.29) is 23.9 Å². The van der Waals surface area contributed by atoms with Crippen LogP contribution in [0.1, 0.15) is 22.8 Å².